The lowest BCUT2D eigenvalue weighted by Crippen LogP contribution is -2.53. The van der Waals surface area contributed by atoms with E-state index in [0.717, 1.165) is 56.8 Å². The standard InChI is InChI=1S/C19H25F3N8/c1-23-17(29-10-12-30(13-11-29)18-26-8-3-9-27-18)25-7-2-6-24-16-5-4-15(14-28-16)19(20,21)22/h3-5,8-9,14H,2,6-7,10-13H2,1H3,(H,23,25)(H,24,28). The summed E-state index contributed by atoms with van der Waals surface area (Å²) in [5, 5.41) is 6.35. The topological polar surface area (TPSA) is 81.6 Å². The molecule has 2 aromatic heterocycles. The van der Waals surface area contributed by atoms with Crippen molar-refractivity contribution >= 4 is 17.7 Å². The second-order valence-electron chi connectivity index (χ2n) is 6.71. The van der Waals surface area contributed by atoms with Crippen molar-refractivity contribution in [2.75, 3.05) is 56.5 Å². The molecule has 0 saturated carbocycles. The molecule has 0 spiro atoms. The van der Waals surface area contributed by atoms with Gasteiger partial charge >= 0.3 is 6.18 Å². The number of aliphatic imine (C=N–C) groups is 1. The van der Waals surface area contributed by atoms with Gasteiger partial charge in [0.25, 0.3) is 0 Å². The molecule has 0 bridgehead atoms. The first-order valence-corrected chi connectivity index (χ1v) is 9.72. The Balaban J connectivity index is 1.36. The van der Waals surface area contributed by atoms with Crippen LogP contribution in [0.3, 0.4) is 0 Å². The molecule has 30 heavy (non-hydrogen) atoms. The minimum absolute atomic E-state index is 0.423. The fraction of sp³-hybridized carbons (Fsp3) is 0.474. The van der Waals surface area contributed by atoms with Gasteiger partial charge < -0.3 is 20.4 Å². The van der Waals surface area contributed by atoms with Gasteiger partial charge in [0, 0.05) is 64.9 Å². The molecule has 0 unspecified atom stereocenters. The zero-order chi connectivity index (χ0) is 21.4. The molecule has 0 aromatic carbocycles. The molecule has 3 rings (SSSR count). The third kappa shape index (κ3) is 5.94. The second kappa shape index (κ2) is 10.1. The van der Waals surface area contributed by atoms with E-state index in [0.29, 0.717) is 18.9 Å². The number of hydrogen-bond acceptors (Lipinski definition) is 6. The number of guanidine groups is 1. The summed E-state index contributed by atoms with van der Waals surface area (Å²) in [4.78, 5) is 21.0. The quantitative estimate of drug-likeness (QED) is 0.419. The van der Waals surface area contributed by atoms with Gasteiger partial charge in [0.2, 0.25) is 5.95 Å². The maximum atomic E-state index is 12.5. The van der Waals surface area contributed by atoms with E-state index in [1.807, 2.05) is 0 Å². The van der Waals surface area contributed by atoms with Crippen molar-refractivity contribution in [1.29, 1.82) is 0 Å². The number of nitrogens with one attached hydrogen (secondary N) is 2. The molecule has 2 N–H and O–H groups in total. The predicted octanol–water partition coefficient (Wildman–Crippen LogP) is 2.09. The average molecular weight is 422 g/mol. The zero-order valence-corrected chi connectivity index (χ0v) is 16.7. The Kier molecular flexibility index (Phi) is 7.26. The van der Waals surface area contributed by atoms with Crippen LogP contribution in [0.4, 0.5) is 24.9 Å². The third-order valence-corrected chi connectivity index (χ3v) is 4.66. The van der Waals surface area contributed by atoms with Crippen molar-refractivity contribution in [3.63, 3.8) is 0 Å². The van der Waals surface area contributed by atoms with Crippen molar-refractivity contribution in [2.45, 2.75) is 12.6 Å². The summed E-state index contributed by atoms with van der Waals surface area (Å²) in [7, 11) is 1.75. The molecular formula is C19H25F3N8. The number of aromatic nitrogens is 3. The number of halogens is 3. The predicted molar refractivity (Wildman–Crippen MR) is 110 cm³/mol. The Hall–Kier alpha value is -3.11. The first-order chi connectivity index (χ1) is 14.5. The first kappa shape index (κ1) is 21.6. The van der Waals surface area contributed by atoms with Crippen molar-refractivity contribution in [3.8, 4) is 0 Å². The van der Waals surface area contributed by atoms with Crippen LogP contribution in [0.25, 0.3) is 0 Å². The molecule has 11 heteroatoms. The molecule has 0 atom stereocenters. The molecule has 162 valence electrons. The maximum absolute atomic E-state index is 12.5. The lowest BCUT2D eigenvalue weighted by molar-refractivity contribution is -0.137. The van der Waals surface area contributed by atoms with Crippen LogP contribution >= 0.6 is 0 Å². The summed E-state index contributed by atoms with van der Waals surface area (Å²) in [5.74, 6) is 1.99. The minimum atomic E-state index is -4.37. The van der Waals surface area contributed by atoms with E-state index in [4.69, 9.17) is 0 Å². The zero-order valence-electron chi connectivity index (χ0n) is 16.7. The maximum Gasteiger partial charge on any atom is 0.417 e. The van der Waals surface area contributed by atoms with Crippen LogP contribution in [0, 0.1) is 0 Å². The number of nitrogens with zero attached hydrogens (tertiary/aromatic N) is 6. The SMILES string of the molecule is CN=C(NCCCNc1ccc(C(F)(F)F)cn1)N1CCN(c2ncccn2)CC1. The smallest absolute Gasteiger partial charge is 0.370 e. The lowest BCUT2D eigenvalue weighted by atomic mass is 10.3. The monoisotopic (exact) mass is 422 g/mol. The Morgan fingerprint density at radius 2 is 1.80 bits per heavy atom. The number of hydrogen-bond donors (Lipinski definition) is 2. The molecule has 2 aromatic rings. The summed E-state index contributed by atoms with van der Waals surface area (Å²) in [6.45, 7) is 4.51. The van der Waals surface area contributed by atoms with Crippen molar-refractivity contribution in [2.24, 2.45) is 4.99 Å². The van der Waals surface area contributed by atoms with Crippen LogP contribution in [0.2, 0.25) is 0 Å². The highest BCUT2D eigenvalue weighted by Crippen LogP contribution is 2.28. The Morgan fingerprint density at radius 1 is 1.07 bits per heavy atom. The molecule has 0 aliphatic carbocycles. The number of pyridine rings is 1. The Labute approximate surface area is 173 Å². The molecule has 0 radical (unpaired) electrons. The van der Waals surface area contributed by atoms with Crippen LogP contribution in [-0.2, 0) is 6.18 Å². The van der Waals surface area contributed by atoms with Gasteiger partial charge in [-0.25, -0.2) is 15.0 Å². The first-order valence-electron chi connectivity index (χ1n) is 9.72. The molecule has 1 aliphatic heterocycles. The van der Waals surface area contributed by atoms with Crippen LogP contribution in [0.1, 0.15) is 12.0 Å². The Morgan fingerprint density at radius 3 is 2.40 bits per heavy atom. The highest BCUT2D eigenvalue weighted by Gasteiger charge is 2.30. The van der Waals surface area contributed by atoms with Gasteiger partial charge in [-0.3, -0.25) is 4.99 Å². The number of piperazine rings is 1. The van der Waals surface area contributed by atoms with Gasteiger partial charge in [-0.1, -0.05) is 0 Å². The van der Waals surface area contributed by atoms with E-state index >= 15 is 0 Å². The van der Waals surface area contributed by atoms with Crippen LogP contribution in [0.15, 0.2) is 41.8 Å². The highest BCUT2D eigenvalue weighted by atomic mass is 19.4. The third-order valence-electron chi connectivity index (χ3n) is 4.66. The normalized spacial score (nSPS) is 15.3. The van der Waals surface area contributed by atoms with Crippen LogP contribution in [0.5, 0.6) is 0 Å². The van der Waals surface area contributed by atoms with Crippen molar-refractivity contribution < 1.29 is 13.2 Å². The molecule has 1 aliphatic rings. The van der Waals surface area contributed by atoms with Crippen molar-refractivity contribution in [1.82, 2.24) is 25.2 Å². The number of anilines is 2. The summed E-state index contributed by atoms with van der Waals surface area (Å²) < 4.78 is 37.6. The fourth-order valence-electron chi connectivity index (χ4n) is 3.08. The van der Waals surface area contributed by atoms with E-state index in [1.165, 1.54) is 6.07 Å². The van der Waals surface area contributed by atoms with Crippen molar-refractivity contribution in [3.05, 3.63) is 42.4 Å². The van der Waals surface area contributed by atoms with Crippen LogP contribution < -0.4 is 15.5 Å². The summed E-state index contributed by atoms with van der Waals surface area (Å²) >= 11 is 0. The largest absolute Gasteiger partial charge is 0.417 e. The molecule has 1 saturated heterocycles. The minimum Gasteiger partial charge on any atom is -0.370 e. The van der Waals surface area contributed by atoms with E-state index < -0.39 is 11.7 Å². The molecular weight excluding hydrogens is 397 g/mol. The highest BCUT2D eigenvalue weighted by molar-refractivity contribution is 5.80. The number of alkyl halides is 3. The fourth-order valence-corrected chi connectivity index (χ4v) is 3.08. The molecule has 3 heterocycles. The van der Waals surface area contributed by atoms with E-state index in [-0.39, 0.29) is 0 Å². The average Bonchev–Trinajstić information content (AvgIpc) is 2.77. The van der Waals surface area contributed by atoms with Gasteiger partial charge in [0.15, 0.2) is 5.96 Å². The van der Waals surface area contributed by atoms with Gasteiger partial charge in [-0.15, -0.1) is 0 Å². The van der Waals surface area contributed by atoms with Gasteiger partial charge in [0.1, 0.15) is 5.82 Å². The van der Waals surface area contributed by atoms with Crippen LogP contribution in [-0.4, -0.2) is 72.1 Å². The number of rotatable bonds is 6. The summed E-state index contributed by atoms with van der Waals surface area (Å²) in [6.07, 6.45) is 0.708. The second-order valence-corrected chi connectivity index (χ2v) is 6.71. The lowest BCUT2D eigenvalue weighted by Gasteiger charge is -2.36. The van der Waals surface area contributed by atoms with Gasteiger partial charge in [0.05, 0.1) is 5.56 Å². The molecule has 1 fully saturated rings. The van der Waals surface area contributed by atoms with Gasteiger partial charge in [-0.05, 0) is 24.6 Å². The summed E-state index contributed by atoms with van der Waals surface area (Å²) in [6, 6.07) is 4.16. The molecule has 8 nitrogen and oxygen atoms in total. The summed E-state index contributed by atoms with van der Waals surface area (Å²) in [5.41, 5.74) is -0.752. The van der Waals surface area contributed by atoms with E-state index in [1.54, 1.807) is 25.5 Å². The van der Waals surface area contributed by atoms with E-state index in [2.05, 4.69) is 40.4 Å². The van der Waals surface area contributed by atoms with Gasteiger partial charge in [-0.2, -0.15) is 13.2 Å². The molecule has 0 amide bonds. The Bertz CT molecular complexity index is 803. The van der Waals surface area contributed by atoms with E-state index in [9.17, 15) is 13.2 Å².